The van der Waals surface area contributed by atoms with Gasteiger partial charge in [0, 0.05) is 6.04 Å². The molecular formula is C10H18BrN5. The molecule has 1 aromatic rings. The number of nitrogen functional groups attached to an aromatic ring is 1. The van der Waals surface area contributed by atoms with E-state index in [2.05, 4.69) is 57.4 Å². The fraction of sp³-hybridized carbons (Fsp3) is 0.600. The molecule has 2 atom stereocenters. The van der Waals surface area contributed by atoms with E-state index in [9.17, 15) is 0 Å². The maximum Gasteiger partial charge on any atom is 0.159 e. The second-order valence-corrected chi connectivity index (χ2v) is 4.64. The van der Waals surface area contributed by atoms with E-state index >= 15 is 0 Å². The Morgan fingerprint density at radius 3 is 2.56 bits per heavy atom. The second-order valence-electron chi connectivity index (χ2n) is 3.85. The Morgan fingerprint density at radius 1 is 1.38 bits per heavy atom. The Kier molecular flexibility index (Phi) is 4.95. The third-order valence-electron chi connectivity index (χ3n) is 2.79. The van der Waals surface area contributed by atoms with Gasteiger partial charge in [-0.2, -0.15) is 0 Å². The van der Waals surface area contributed by atoms with Crippen molar-refractivity contribution >= 4 is 27.6 Å². The number of hydrogen-bond acceptors (Lipinski definition) is 5. The van der Waals surface area contributed by atoms with Gasteiger partial charge in [0.05, 0.1) is 0 Å². The summed E-state index contributed by atoms with van der Waals surface area (Å²) in [5.74, 6) is 7.26. The Bertz CT molecular complexity index is 344. The van der Waals surface area contributed by atoms with E-state index in [1.54, 1.807) is 0 Å². The monoisotopic (exact) mass is 287 g/mol. The number of anilines is 2. The van der Waals surface area contributed by atoms with Crippen molar-refractivity contribution in [1.29, 1.82) is 0 Å². The molecule has 0 fully saturated rings. The molecule has 90 valence electrons. The van der Waals surface area contributed by atoms with Crippen molar-refractivity contribution in [3.63, 3.8) is 0 Å². The number of halogens is 1. The van der Waals surface area contributed by atoms with Crippen LogP contribution in [0.4, 0.5) is 11.6 Å². The predicted octanol–water partition coefficient (Wildman–Crippen LogP) is 2.37. The highest BCUT2D eigenvalue weighted by atomic mass is 79.9. The Balaban J connectivity index is 2.81. The summed E-state index contributed by atoms with van der Waals surface area (Å²) in [6, 6.07) is 0.349. The standard InChI is InChI=1S/C10H18BrN5/c1-4-6(2)7(3)15-9-8(11)10(16-12)14-5-13-9/h5-7H,4,12H2,1-3H3,(H2,13,14,15,16). The molecule has 0 saturated heterocycles. The second kappa shape index (κ2) is 6.00. The SMILES string of the molecule is CCC(C)C(C)Nc1ncnc(NN)c1Br. The number of nitrogens with one attached hydrogen (secondary N) is 2. The highest BCUT2D eigenvalue weighted by Crippen LogP contribution is 2.27. The Labute approximate surface area is 104 Å². The van der Waals surface area contributed by atoms with Gasteiger partial charge in [-0.3, -0.25) is 0 Å². The topological polar surface area (TPSA) is 75.9 Å². The molecule has 0 amide bonds. The number of nitrogens with zero attached hydrogens (tertiary/aromatic N) is 2. The lowest BCUT2D eigenvalue weighted by molar-refractivity contribution is 0.493. The van der Waals surface area contributed by atoms with Gasteiger partial charge >= 0.3 is 0 Å². The average molecular weight is 288 g/mol. The van der Waals surface area contributed by atoms with Gasteiger partial charge in [-0.15, -0.1) is 0 Å². The first-order valence-electron chi connectivity index (χ1n) is 5.33. The molecular weight excluding hydrogens is 270 g/mol. The number of hydrazine groups is 1. The van der Waals surface area contributed by atoms with E-state index in [0.717, 1.165) is 16.7 Å². The third-order valence-corrected chi connectivity index (χ3v) is 3.54. The van der Waals surface area contributed by atoms with Crippen LogP contribution >= 0.6 is 15.9 Å². The summed E-state index contributed by atoms with van der Waals surface area (Å²) in [6.07, 6.45) is 2.60. The van der Waals surface area contributed by atoms with Crippen molar-refractivity contribution in [3.8, 4) is 0 Å². The fourth-order valence-electron chi connectivity index (χ4n) is 1.28. The molecule has 2 unspecified atom stereocenters. The van der Waals surface area contributed by atoms with Crippen molar-refractivity contribution in [2.75, 3.05) is 10.7 Å². The van der Waals surface area contributed by atoms with E-state index < -0.39 is 0 Å². The van der Waals surface area contributed by atoms with E-state index in [4.69, 9.17) is 5.84 Å². The van der Waals surface area contributed by atoms with Crippen molar-refractivity contribution in [3.05, 3.63) is 10.8 Å². The van der Waals surface area contributed by atoms with E-state index in [0.29, 0.717) is 17.8 Å². The van der Waals surface area contributed by atoms with Gasteiger partial charge in [-0.05, 0) is 28.8 Å². The molecule has 6 heteroatoms. The average Bonchev–Trinajstić information content (AvgIpc) is 2.30. The Hall–Kier alpha value is -0.880. The molecule has 0 bridgehead atoms. The summed E-state index contributed by atoms with van der Waals surface area (Å²) < 4.78 is 0.757. The van der Waals surface area contributed by atoms with Gasteiger partial charge < -0.3 is 10.7 Å². The van der Waals surface area contributed by atoms with Gasteiger partial charge in [0.2, 0.25) is 0 Å². The first-order valence-corrected chi connectivity index (χ1v) is 6.13. The normalized spacial score (nSPS) is 14.3. The number of hydrogen-bond donors (Lipinski definition) is 3. The van der Waals surface area contributed by atoms with Crippen LogP contribution in [0.15, 0.2) is 10.8 Å². The molecule has 4 N–H and O–H groups in total. The summed E-state index contributed by atoms with van der Waals surface area (Å²) in [6.45, 7) is 6.51. The maximum atomic E-state index is 5.34. The molecule has 5 nitrogen and oxygen atoms in total. The first-order chi connectivity index (χ1) is 7.60. The minimum atomic E-state index is 0.349. The third kappa shape index (κ3) is 3.05. The first kappa shape index (κ1) is 13.2. The number of rotatable bonds is 5. The molecule has 1 heterocycles. The minimum absolute atomic E-state index is 0.349. The lowest BCUT2D eigenvalue weighted by atomic mass is 10.0. The van der Waals surface area contributed by atoms with Gasteiger partial charge in [-0.25, -0.2) is 15.8 Å². The van der Waals surface area contributed by atoms with Crippen molar-refractivity contribution in [2.24, 2.45) is 11.8 Å². The number of aromatic nitrogens is 2. The fourth-order valence-corrected chi connectivity index (χ4v) is 1.72. The van der Waals surface area contributed by atoms with Gasteiger partial charge in [-0.1, -0.05) is 20.3 Å². The zero-order chi connectivity index (χ0) is 12.1. The van der Waals surface area contributed by atoms with E-state index in [1.165, 1.54) is 6.33 Å². The van der Waals surface area contributed by atoms with Crippen molar-refractivity contribution in [2.45, 2.75) is 33.2 Å². The summed E-state index contributed by atoms with van der Waals surface area (Å²) in [4.78, 5) is 8.17. The molecule has 0 aliphatic rings. The smallest absolute Gasteiger partial charge is 0.159 e. The van der Waals surface area contributed by atoms with Gasteiger partial charge in [0.15, 0.2) is 5.82 Å². The lowest BCUT2D eigenvalue weighted by Gasteiger charge is -2.21. The predicted molar refractivity (Wildman–Crippen MR) is 70.1 cm³/mol. The highest BCUT2D eigenvalue weighted by Gasteiger charge is 2.14. The maximum absolute atomic E-state index is 5.34. The largest absolute Gasteiger partial charge is 0.366 e. The Morgan fingerprint density at radius 2 is 2.00 bits per heavy atom. The molecule has 1 aromatic heterocycles. The van der Waals surface area contributed by atoms with Crippen LogP contribution in [0.3, 0.4) is 0 Å². The molecule has 0 radical (unpaired) electrons. The molecule has 0 aromatic carbocycles. The molecule has 0 saturated carbocycles. The van der Waals surface area contributed by atoms with E-state index in [1.807, 2.05) is 0 Å². The van der Waals surface area contributed by atoms with Crippen LogP contribution in [0.5, 0.6) is 0 Å². The lowest BCUT2D eigenvalue weighted by Crippen LogP contribution is -2.24. The molecule has 16 heavy (non-hydrogen) atoms. The molecule has 0 aliphatic carbocycles. The zero-order valence-electron chi connectivity index (χ0n) is 9.79. The van der Waals surface area contributed by atoms with E-state index in [-0.39, 0.29) is 0 Å². The van der Waals surface area contributed by atoms with Gasteiger partial charge in [0.1, 0.15) is 16.6 Å². The van der Waals surface area contributed by atoms with Crippen LogP contribution in [0.25, 0.3) is 0 Å². The van der Waals surface area contributed by atoms with Crippen LogP contribution in [0, 0.1) is 5.92 Å². The molecule has 0 spiro atoms. The highest BCUT2D eigenvalue weighted by molar-refractivity contribution is 9.10. The van der Waals surface area contributed by atoms with Gasteiger partial charge in [0.25, 0.3) is 0 Å². The summed E-state index contributed by atoms with van der Waals surface area (Å²) in [7, 11) is 0. The van der Waals surface area contributed by atoms with Crippen LogP contribution in [0.1, 0.15) is 27.2 Å². The summed E-state index contributed by atoms with van der Waals surface area (Å²) in [5.41, 5.74) is 2.51. The summed E-state index contributed by atoms with van der Waals surface area (Å²) >= 11 is 3.41. The van der Waals surface area contributed by atoms with Crippen LogP contribution in [-0.4, -0.2) is 16.0 Å². The van der Waals surface area contributed by atoms with Crippen molar-refractivity contribution in [1.82, 2.24) is 9.97 Å². The molecule has 0 aliphatic heterocycles. The van der Waals surface area contributed by atoms with Crippen molar-refractivity contribution < 1.29 is 0 Å². The van der Waals surface area contributed by atoms with Crippen LogP contribution in [0.2, 0.25) is 0 Å². The minimum Gasteiger partial charge on any atom is -0.366 e. The molecule has 1 rings (SSSR count). The van der Waals surface area contributed by atoms with Crippen LogP contribution < -0.4 is 16.6 Å². The number of nitrogens with two attached hydrogens (primary N) is 1. The summed E-state index contributed by atoms with van der Waals surface area (Å²) in [5, 5.41) is 3.34. The zero-order valence-corrected chi connectivity index (χ0v) is 11.4. The quantitative estimate of drug-likeness (QED) is 0.573. The van der Waals surface area contributed by atoms with Crippen LogP contribution in [-0.2, 0) is 0 Å².